The zero-order chi connectivity index (χ0) is 16.0. The van der Waals surface area contributed by atoms with Crippen molar-refractivity contribution in [3.05, 3.63) is 77.9 Å². The fraction of sp³-hybridized carbons (Fsp3) is 0.0952. The molecule has 112 valence electrons. The molecule has 4 rings (SSSR count). The number of ketones is 1. The van der Waals surface area contributed by atoms with E-state index in [0.29, 0.717) is 0 Å². The van der Waals surface area contributed by atoms with Crippen LogP contribution in [-0.2, 0) is 0 Å². The van der Waals surface area contributed by atoms with Crippen molar-refractivity contribution in [1.82, 2.24) is 4.57 Å². The zero-order valence-corrected chi connectivity index (χ0v) is 13.2. The Kier molecular flexibility index (Phi) is 3.05. The van der Waals surface area contributed by atoms with Crippen molar-refractivity contribution in [3.63, 3.8) is 0 Å². The third-order valence-electron chi connectivity index (χ3n) is 4.37. The van der Waals surface area contributed by atoms with E-state index in [9.17, 15) is 4.79 Å². The highest BCUT2D eigenvalue weighted by molar-refractivity contribution is 6.11. The van der Waals surface area contributed by atoms with Gasteiger partial charge < -0.3 is 4.57 Å². The highest BCUT2D eigenvalue weighted by Gasteiger charge is 2.13. The highest BCUT2D eigenvalue weighted by Crippen LogP contribution is 2.32. The van der Waals surface area contributed by atoms with E-state index in [1.54, 1.807) is 6.92 Å². The number of aromatic nitrogens is 1. The van der Waals surface area contributed by atoms with Gasteiger partial charge in [0.05, 0.1) is 11.0 Å². The van der Waals surface area contributed by atoms with Gasteiger partial charge in [-0.15, -0.1) is 0 Å². The topological polar surface area (TPSA) is 22.0 Å². The summed E-state index contributed by atoms with van der Waals surface area (Å²) in [4.78, 5) is 11.7. The second-order valence-corrected chi connectivity index (χ2v) is 5.98. The van der Waals surface area contributed by atoms with Crippen LogP contribution in [0, 0.1) is 6.92 Å². The van der Waals surface area contributed by atoms with Gasteiger partial charge in [0, 0.05) is 22.0 Å². The van der Waals surface area contributed by atoms with Crippen LogP contribution < -0.4 is 0 Å². The highest BCUT2D eigenvalue weighted by atomic mass is 16.1. The molecule has 0 saturated carbocycles. The molecule has 0 aliphatic rings. The molecule has 0 N–H and O–H groups in total. The molecule has 1 heterocycles. The number of aryl methyl sites for hydroxylation is 1. The molecule has 0 spiro atoms. The first-order chi connectivity index (χ1) is 11.1. The molecule has 0 aliphatic heterocycles. The van der Waals surface area contributed by atoms with Crippen LogP contribution in [0.4, 0.5) is 0 Å². The Hall–Kier alpha value is -2.87. The molecular formula is C21H17NO. The summed E-state index contributed by atoms with van der Waals surface area (Å²) in [6, 6.07) is 22.8. The van der Waals surface area contributed by atoms with E-state index in [1.165, 1.54) is 10.9 Å². The molecule has 0 radical (unpaired) electrons. The Labute approximate surface area is 135 Å². The molecule has 0 atom stereocenters. The number of nitrogens with zero attached hydrogens (tertiary/aromatic N) is 1. The van der Waals surface area contributed by atoms with E-state index in [-0.39, 0.29) is 5.78 Å². The summed E-state index contributed by atoms with van der Waals surface area (Å²) >= 11 is 0. The molecule has 0 unspecified atom stereocenters. The van der Waals surface area contributed by atoms with Crippen molar-refractivity contribution >= 4 is 27.6 Å². The quantitative estimate of drug-likeness (QED) is 0.461. The van der Waals surface area contributed by atoms with Crippen LogP contribution in [0.15, 0.2) is 66.7 Å². The number of benzene rings is 3. The largest absolute Gasteiger partial charge is 0.309 e. The average molecular weight is 299 g/mol. The Morgan fingerprint density at radius 1 is 0.826 bits per heavy atom. The third-order valence-corrected chi connectivity index (χ3v) is 4.37. The van der Waals surface area contributed by atoms with E-state index in [2.05, 4.69) is 54.0 Å². The van der Waals surface area contributed by atoms with Gasteiger partial charge in [-0.2, -0.15) is 0 Å². The van der Waals surface area contributed by atoms with Gasteiger partial charge in [-0.3, -0.25) is 4.79 Å². The molecule has 4 aromatic rings. The smallest absolute Gasteiger partial charge is 0.159 e. The molecule has 3 aromatic carbocycles. The van der Waals surface area contributed by atoms with Gasteiger partial charge in [0.25, 0.3) is 0 Å². The van der Waals surface area contributed by atoms with Crippen LogP contribution in [0.5, 0.6) is 0 Å². The maximum Gasteiger partial charge on any atom is 0.159 e. The predicted octanol–water partition coefficient (Wildman–Crippen LogP) is 5.29. The van der Waals surface area contributed by atoms with Crippen molar-refractivity contribution in [2.24, 2.45) is 0 Å². The lowest BCUT2D eigenvalue weighted by Crippen LogP contribution is -1.95. The summed E-state index contributed by atoms with van der Waals surface area (Å²) in [6.45, 7) is 3.70. The number of fused-ring (bicyclic) bond motifs is 3. The maximum absolute atomic E-state index is 11.7. The van der Waals surface area contributed by atoms with Crippen LogP contribution >= 0.6 is 0 Å². The standard InChI is InChI=1S/C21H17NO/c1-14-7-10-17(11-8-14)22-20-6-4-3-5-18(20)19-13-16(15(2)23)9-12-21(19)22/h3-13H,1-2H3. The van der Waals surface area contributed by atoms with Gasteiger partial charge in [0.2, 0.25) is 0 Å². The molecule has 0 fully saturated rings. The lowest BCUT2D eigenvalue weighted by Gasteiger charge is -2.08. The fourth-order valence-electron chi connectivity index (χ4n) is 3.16. The molecule has 0 saturated heterocycles. The second kappa shape index (κ2) is 5.10. The van der Waals surface area contributed by atoms with Crippen molar-refractivity contribution in [1.29, 1.82) is 0 Å². The monoisotopic (exact) mass is 299 g/mol. The number of rotatable bonds is 2. The van der Waals surface area contributed by atoms with Crippen molar-refractivity contribution < 1.29 is 4.79 Å². The molecule has 2 heteroatoms. The number of carbonyl (C=O) groups excluding carboxylic acids is 1. The SMILES string of the molecule is CC(=O)c1ccc2c(c1)c1ccccc1n2-c1ccc(C)cc1. The lowest BCUT2D eigenvalue weighted by atomic mass is 10.1. The molecule has 1 aromatic heterocycles. The van der Waals surface area contributed by atoms with Gasteiger partial charge in [0.1, 0.15) is 0 Å². The average Bonchev–Trinajstić information content (AvgIpc) is 2.89. The van der Waals surface area contributed by atoms with Gasteiger partial charge in [-0.25, -0.2) is 0 Å². The minimum absolute atomic E-state index is 0.0964. The Balaban J connectivity index is 2.13. The first-order valence-corrected chi connectivity index (χ1v) is 7.76. The molecular weight excluding hydrogens is 282 g/mol. The molecule has 23 heavy (non-hydrogen) atoms. The number of carbonyl (C=O) groups is 1. The Morgan fingerprint density at radius 3 is 2.26 bits per heavy atom. The third kappa shape index (κ3) is 2.15. The van der Waals surface area contributed by atoms with E-state index in [1.807, 2.05) is 24.3 Å². The van der Waals surface area contributed by atoms with Crippen molar-refractivity contribution in [3.8, 4) is 5.69 Å². The number of para-hydroxylation sites is 1. The molecule has 2 nitrogen and oxygen atoms in total. The lowest BCUT2D eigenvalue weighted by molar-refractivity contribution is 0.101. The number of Topliss-reactive ketones (excluding diaryl/α,β-unsaturated/α-hetero) is 1. The van der Waals surface area contributed by atoms with E-state index in [4.69, 9.17) is 0 Å². The summed E-state index contributed by atoms with van der Waals surface area (Å²) in [5.41, 5.74) is 5.42. The summed E-state index contributed by atoms with van der Waals surface area (Å²) in [5.74, 6) is 0.0964. The van der Waals surface area contributed by atoms with Crippen LogP contribution in [0.25, 0.3) is 27.5 Å². The second-order valence-electron chi connectivity index (χ2n) is 5.98. The summed E-state index contributed by atoms with van der Waals surface area (Å²) in [5, 5.41) is 2.29. The van der Waals surface area contributed by atoms with Gasteiger partial charge >= 0.3 is 0 Å². The van der Waals surface area contributed by atoms with Crippen molar-refractivity contribution in [2.75, 3.05) is 0 Å². The summed E-state index contributed by atoms with van der Waals surface area (Å²) < 4.78 is 2.26. The molecule has 0 amide bonds. The Bertz CT molecular complexity index is 1040. The van der Waals surface area contributed by atoms with Crippen LogP contribution in [0.2, 0.25) is 0 Å². The molecule has 0 bridgehead atoms. The van der Waals surface area contributed by atoms with Crippen LogP contribution in [0.1, 0.15) is 22.8 Å². The molecule has 0 aliphatic carbocycles. The van der Waals surface area contributed by atoms with E-state index >= 15 is 0 Å². The maximum atomic E-state index is 11.7. The zero-order valence-electron chi connectivity index (χ0n) is 13.2. The van der Waals surface area contributed by atoms with Gasteiger partial charge in [0.15, 0.2) is 5.78 Å². The minimum Gasteiger partial charge on any atom is -0.309 e. The van der Waals surface area contributed by atoms with Crippen molar-refractivity contribution in [2.45, 2.75) is 13.8 Å². The van der Waals surface area contributed by atoms with Crippen LogP contribution in [0.3, 0.4) is 0 Å². The number of hydrogen-bond donors (Lipinski definition) is 0. The fourth-order valence-corrected chi connectivity index (χ4v) is 3.16. The minimum atomic E-state index is 0.0964. The first-order valence-electron chi connectivity index (χ1n) is 7.76. The Morgan fingerprint density at radius 2 is 1.52 bits per heavy atom. The van der Waals surface area contributed by atoms with Gasteiger partial charge in [-0.05, 0) is 50.2 Å². The first kappa shape index (κ1) is 13.8. The summed E-state index contributed by atoms with van der Waals surface area (Å²) in [6.07, 6.45) is 0. The summed E-state index contributed by atoms with van der Waals surface area (Å²) in [7, 11) is 0. The van der Waals surface area contributed by atoms with E-state index in [0.717, 1.165) is 27.7 Å². The van der Waals surface area contributed by atoms with Crippen LogP contribution in [-0.4, -0.2) is 10.4 Å². The normalized spacial score (nSPS) is 11.2. The van der Waals surface area contributed by atoms with E-state index < -0.39 is 0 Å². The predicted molar refractivity (Wildman–Crippen MR) is 95.5 cm³/mol. The van der Waals surface area contributed by atoms with Gasteiger partial charge in [-0.1, -0.05) is 35.9 Å². The number of hydrogen-bond acceptors (Lipinski definition) is 1.